The van der Waals surface area contributed by atoms with Crippen LogP contribution in [0.3, 0.4) is 0 Å². The van der Waals surface area contributed by atoms with Crippen LogP contribution in [0.5, 0.6) is 0 Å². The highest BCUT2D eigenvalue weighted by Crippen LogP contribution is 2.64. The van der Waals surface area contributed by atoms with Gasteiger partial charge in [-0.3, -0.25) is 0 Å². The van der Waals surface area contributed by atoms with Crippen molar-refractivity contribution in [3.63, 3.8) is 0 Å². The van der Waals surface area contributed by atoms with Gasteiger partial charge in [-0.1, -0.05) is 249 Å². The Kier molecular flexibility index (Phi) is 9.32. The number of para-hydroxylation sites is 1. The van der Waals surface area contributed by atoms with E-state index in [1.807, 2.05) is 0 Å². The Balaban J connectivity index is 1.02. The maximum Gasteiger partial charge on any atom is 0.0726 e. The number of anilines is 3. The number of benzene rings is 14. The first-order valence-electron chi connectivity index (χ1n) is 26.5. The molecule has 1 nitrogen and oxygen atoms in total. The Hall–Kier alpha value is -9.82. The predicted octanol–water partition coefficient (Wildman–Crippen LogP) is 20.3. The van der Waals surface area contributed by atoms with Gasteiger partial charge in [-0.25, -0.2) is 0 Å². The molecule has 0 fully saturated rings. The molecule has 2 aliphatic carbocycles. The van der Waals surface area contributed by atoms with Crippen LogP contribution in [0.25, 0.3) is 109 Å². The molecule has 14 aromatic rings. The normalized spacial score (nSPS) is 12.8. The zero-order valence-corrected chi connectivity index (χ0v) is 41.6. The van der Waals surface area contributed by atoms with Crippen molar-refractivity contribution in [2.75, 3.05) is 4.90 Å². The lowest BCUT2D eigenvalue weighted by molar-refractivity contribution is 0.794. The van der Waals surface area contributed by atoms with E-state index >= 15 is 0 Å². The van der Waals surface area contributed by atoms with Gasteiger partial charge in [0.15, 0.2) is 0 Å². The van der Waals surface area contributed by atoms with Gasteiger partial charge in [0, 0.05) is 16.8 Å². The van der Waals surface area contributed by atoms with Crippen LogP contribution in [0, 0.1) is 0 Å². The monoisotopic (exact) mass is 961 g/mol. The molecule has 1 heteroatoms. The molecule has 0 saturated heterocycles. The lowest BCUT2D eigenvalue weighted by atomic mass is 9.70. The molecule has 16 rings (SSSR count). The first kappa shape index (κ1) is 42.7. The highest BCUT2D eigenvalue weighted by Gasteiger charge is 2.52. The van der Waals surface area contributed by atoms with Crippen molar-refractivity contribution in [3.8, 4) is 55.6 Å². The SMILES string of the molecule is c1ccc(-c2ccccc2N(c2ccc3c4ccccc4c4ccccc4c3c2)c2cc3c(cc2-c2ccc(-c4cc5ccccc5c5ccccc45)cc2)-c2ccccc2C32c3ccccc3-c3ccccc32)cc1. The van der Waals surface area contributed by atoms with Gasteiger partial charge in [0.05, 0.1) is 16.8 Å². The third kappa shape index (κ3) is 6.09. The fraction of sp³-hybridized carbons (Fsp3) is 0.0133. The smallest absolute Gasteiger partial charge is 0.0726 e. The summed E-state index contributed by atoms with van der Waals surface area (Å²) < 4.78 is 0. The topological polar surface area (TPSA) is 3.24 Å². The van der Waals surface area contributed by atoms with E-state index in [0.29, 0.717) is 0 Å². The minimum Gasteiger partial charge on any atom is -0.309 e. The number of rotatable bonds is 6. The van der Waals surface area contributed by atoms with Crippen LogP contribution in [0.15, 0.2) is 285 Å². The zero-order valence-electron chi connectivity index (χ0n) is 41.6. The Morgan fingerprint density at radius 1 is 0.211 bits per heavy atom. The summed E-state index contributed by atoms with van der Waals surface area (Å²) >= 11 is 0. The number of hydrogen-bond acceptors (Lipinski definition) is 1. The van der Waals surface area contributed by atoms with E-state index in [4.69, 9.17) is 0 Å². The van der Waals surface area contributed by atoms with Crippen LogP contribution in [0.1, 0.15) is 22.3 Å². The van der Waals surface area contributed by atoms with Gasteiger partial charge >= 0.3 is 0 Å². The number of hydrogen-bond donors (Lipinski definition) is 0. The van der Waals surface area contributed by atoms with Crippen LogP contribution < -0.4 is 4.90 Å². The Morgan fingerprint density at radius 3 is 1.26 bits per heavy atom. The van der Waals surface area contributed by atoms with Crippen molar-refractivity contribution in [2.45, 2.75) is 5.41 Å². The molecule has 0 bridgehead atoms. The molecule has 0 N–H and O–H groups in total. The molecule has 1 spiro atoms. The van der Waals surface area contributed by atoms with Crippen LogP contribution in [0.2, 0.25) is 0 Å². The van der Waals surface area contributed by atoms with Crippen molar-refractivity contribution in [2.24, 2.45) is 0 Å². The number of nitrogens with zero attached hydrogens (tertiary/aromatic N) is 1. The van der Waals surface area contributed by atoms with E-state index in [-0.39, 0.29) is 0 Å². The van der Waals surface area contributed by atoms with Gasteiger partial charge in [0.2, 0.25) is 0 Å². The van der Waals surface area contributed by atoms with Gasteiger partial charge in [-0.05, 0) is 157 Å². The Labute approximate surface area is 441 Å². The molecule has 2 aliphatic rings. The van der Waals surface area contributed by atoms with E-state index in [9.17, 15) is 0 Å². The van der Waals surface area contributed by atoms with Crippen LogP contribution >= 0.6 is 0 Å². The lowest BCUT2D eigenvalue weighted by Gasteiger charge is -2.34. The second-order valence-corrected chi connectivity index (χ2v) is 20.6. The fourth-order valence-electron chi connectivity index (χ4n) is 13.6. The summed E-state index contributed by atoms with van der Waals surface area (Å²) in [5, 5.41) is 12.6. The maximum atomic E-state index is 2.58. The van der Waals surface area contributed by atoms with Crippen molar-refractivity contribution in [1.82, 2.24) is 0 Å². The van der Waals surface area contributed by atoms with Crippen molar-refractivity contribution in [3.05, 3.63) is 307 Å². The first-order valence-corrected chi connectivity index (χ1v) is 26.5. The van der Waals surface area contributed by atoms with Crippen molar-refractivity contribution in [1.29, 1.82) is 0 Å². The summed E-state index contributed by atoms with van der Waals surface area (Å²) in [6.45, 7) is 0. The Morgan fingerprint density at radius 2 is 0.645 bits per heavy atom. The zero-order chi connectivity index (χ0) is 49.9. The molecule has 0 unspecified atom stereocenters. The van der Waals surface area contributed by atoms with E-state index in [2.05, 4.69) is 290 Å². The molecule has 0 atom stereocenters. The van der Waals surface area contributed by atoms with E-state index in [0.717, 1.165) is 39.3 Å². The average molecular weight is 962 g/mol. The summed E-state index contributed by atoms with van der Waals surface area (Å²) in [6, 6.07) is 107. The molecule has 0 heterocycles. The summed E-state index contributed by atoms with van der Waals surface area (Å²) in [5.41, 5.74) is 20.2. The van der Waals surface area contributed by atoms with Gasteiger partial charge in [-0.2, -0.15) is 0 Å². The van der Waals surface area contributed by atoms with Crippen LogP contribution in [0.4, 0.5) is 17.1 Å². The van der Waals surface area contributed by atoms with Gasteiger partial charge in [0.25, 0.3) is 0 Å². The lowest BCUT2D eigenvalue weighted by Crippen LogP contribution is -2.26. The molecular weight excluding hydrogens is 915 g/mol. The molecule has 0 aromatic heterocycles. The minimum absolute atomic E-state index is 0.545. The molecule has 76 heavy (non-hydrogen) atoms. The second kappa shape index (κ2) is 16.6. The molecule has 0 aliphatic heterocycles. The summed E-state index contributed by atoms with van der Waals surface area (Å²) in [6.07, 6.45) is 0. The van der Waals surface area contributed by atoms with Gasteiger partial charge < -0.3 is 4.90 Å². The molecule has 0 saturated carbocycles. The van der Waals surface area contributed by atoms with Gasteiger partial charge in [0.1, 0.15) is 0 Å². The largest absolute Gasteiger partial charge is 0.309 e. The van der Waals surface area contributed by atoms with Crippen LogP contribution in [-0.2, 0) is 5.41 Å². The molecule has 14 aromatic carbocycles. The molecule has 352 valence electrons. The van der Waals surface area contributed by atoms with E-state index in [1.165, 1.54) is 109 Å². The average Bonchev–Trinajstić information content (AvgIpc) is 4.05. The molecule has 0 radical (unpaired) electrons. The Bertz CT molecular complexity index is 4620. The summed E-state index contributed by atoms with van der Waals surface area (Å²) in [5.74, 6) is 0. The van der Waals surface area contributed by atoms with Crippen molar-refractivity contribution < 1.29 is 0 Å². The standard InChI is InChI=1S/C75H47N/c1-2-20-48(21-3-1)54-24-15-19-37-73(54)76(52-42-43-61-58-28-8-7-26-56(58)57-27-9-11-30-60(57)67(61)45-52)74-47-72-68(64-33-14-18-36-71(64)75(72)69-34-16-12-31-62(69)63-32-13-17-35-70(63)75)46-66(74)50-40-38-49(39-41-50)65-44-51-22-4-5-23-53(51)55-25-6-10-29-59(55)65/h1-47H. The summed E-state index contributed by atoms with van der Waals surface area (Å²) in [4.78, 5) is 2.58. The maximum absolute atomic E-state index is 2.58. The van der Waals surface area contributed by atoms with Crippen LogP contribution in [-0.4, -0.2) is 0 Å². The van der Waals surface area contributed by atoms with Gasteiger partial charge in [-0.15, -0.1) is 0 Å². The summed E-state index contributed by atoms with van der Waals surface area (Å²) in [7, 11) is 0. The predicted molar refractivity (Wildman–Crippen MR) is 321 cm³/mol. The third-order valence-corrected chi connectivity index (χ3v) is 16.8. The fourth-order valence-corrected chi connectivity index (χ4v) is 13.6. The second-order valence-electron chi connectivity index (χ2n) is 20.6. The highest BCUT2D eigenvalue weighted by molar-refractivity contribution is 6.26. The molecular formula is C75H47N. The quantitative estimate of drug-likeness (QED) is 0.150. The third-order valence-electron chi connectivity index (χ3n) is 16.8. The minimum atomic E-state index is -0.545. The highest BCUT2D eigenvalue weighted by atomic mass is 15.1. The van der Waals surface area contributed by atoms with E-state index in [1.54, 1.807) is 0 Å². The van der Waals surface area contributed by atoms with E-state index < -0.39 is 5.41 Å². The first-order chi connectivity index (χ1) is 37.7. The number of fused-ring (bicyclic) bond motifs is 19. The molecule has 0 amide bonds. The van der Waals surface area contributed by atoms with Crippen molar-refractivity contribution >= 4 is 70.9 Å².